The van der Waals surface area contributed by atoms with Gasteiger partial charge >= 0.3 is 0 Å². The normalized spacial score (nSPS) is 11.8. The summed E-state index contributed by atoms with van der Waals surface area (Å²) in [4.78, 5) is 0. The number of nitriles is 1. The van der Waals surface area contributed by atoms with Crippen molar-refractivity contribution < 1.29 is 5.11 Å². The maximum absolute atomic E-state index is 10.1. The van der Waals surface area contributed by atoms with Crippen molar-refractivity contribution in [2.24, 2.45) is 0 Å². The van der Waals surface area contributed by atoms with E-state index in [1.54, 1.807) is 42.5 Å². The predicted octanol–water partition coefficient (Wildman–Crippen LogP) is 3.29. The molecule has 0 saturated heterocycles. The Kier molecular flexibility index (Phi) is 3.43. The highest BCUT2D eigenvalue weighted by atomic mass is 35.5. The Morgan fingerprint density at radius 1 is 1.06 bits per heavy atom. The lowest BCUT2D eigenvalue weighted by atomic mass is 10.0. The number of rotatable bonds is 2. The van der Waals surface area contributed by atoms with Crippen LogP contribution in [0.15, 0.2) is 48.5 Å². The van der Waals surface area contributed by atoms with Crippen molar-refractivity contribution in [1.82, 2.24) is 0 Å². The SMILES string of the molecule is N#Cc1ccc([C@H](O)c2cccc(Cl)c2)cc1. The minimum atomic E-state index is -0.721. The lowest BCUT2D eigenvalue weighted by Gasteiger charge is -2.11. The molecule has 2 aromatic rings. The number of hydrogen-bond acceptors (Lipinski definition) is 2. The fourth-order valence-electron chi connectivity index (χ4n) is 1.61. The van der Waals surface area contributed by atoms with Crippen LogP contribution >= 0.6 is 11.6 Å². The molecule has 3 heteroatoms. The number of aliphatic hydroxyl groups is 1. The molecule has 0 aliphatic heterocycles. The standard InChI is InChI=1S/C14H10ClNO/c15-13-3-1-2-12(8-13)14(17)11-6-4-10(9-16)5-7-11/h1-8,14,17H/t14-/m0/s1. The molecule has 17 heavy (non-hydrogen) atoms. The quantitative estimate of drug-likeness (QED) is 0.880. The van der Waals surface area contributed by atoms with E-state index < -0.39 is 6.10 Å². The van der Waals surface area contributed by atoms with E-state index in [0.29, 0.717) is 10.6 Å². The van der Waals surface area contributed by atoms with E-state index in [4.69, 9.17) is 16.9 Å². The lowest BCUT2D eigenvalue weighted by molar-refractivity contribution is 0.220. The second-order valence-corrected chi connectivity index (χ2v) is 4.13. The summed E-state index contributed by atoms with van der Waals surface area (Å²) in [6.07, 6.45) is -0.721. The van der Waals surface area contributed by atoms with Crippen molar-refractivity contribution in [3.05, 3.63) is 70.2 Å². The molecular formula is C14H10ClNO. The van der Waals surface area contributed by atoms with E-state index in [-0.39, 0.29) is 0 Å². The number of halogens is 1. The lowest BCUT2D eigenvalue weighted by Crippen LogP contribution is -1.99. The van der Waals surface area contributed by atoms with Crippen LogP contribution in [0.3, 0.4) is 0 Å². The van der Waals surface area contributed by atoms with Gasteiger partial charge in [-0.2, -0.15) is 5.26 Å². The van der Waals surface area contributed by atoms with Crippen LogP contribution in [0.1, 0.15) is 22.8 Å². The molecule has 0 bridgehead atoms. The van der Waals surface area contributed by atoms with Gasteiger partial charge in [-0.25, -0.2) is 0 Å². The average molecular weight is 244 g/mol. The van der Waals surface area contributed by atoms with Crippen LogP contribution in [0, 0.1) is 11.3 Å². The molecule has 0 saturated carbocycles. The second-order valence-electron chi connectivity index (χ2n) is 3.69. The molecule has 1 N–H and O–H groups in total. The van der Waals surface area contributed by atoms with Crippen molar-refractivity contribution in [3.63, 3.8) is 0 Å². The molecule has 0 aliphatic rings. The Morgan fingerprint density at radius 2 is 1.76 bits per heavy atom. The highest BCUT2D eigenvalue weighted by molar-refractivity contribution is 6.30. The molecule has 84 valence electrons. The summed E-state index contributed by atoms with van der Waals surface area (Å²) < 4.78 is 0. The van der Waals surface area contributed by atoms with E-state index in [1.807, 2.05) is 12.1 Å². The first kappa shape index (κ1) is 11.7. The predicted molar refractivity (Wildman–Crippen MR) is 66.7 cm³/mol. The third-order valence-electron chi connectivity index (χ3n) is 2.52. The molecule has 1 atom stereocenters. The Morgan fingerprint density at radius 3 is 2.35 bits per heavy atom. The van der Waals surface area contributed by atoms with Crippen LogP contribution in [0.2, 0.25) is 5.02 Å². The first-order valence-electron chi connectivity index (χ1n) is 5.14. The summed E-state index contributed by atoms with van der Waals surface area (Å²) in [6.45, 7) is 0. The van der Waals surface area contributed by atoms with Crippen LogP contribution in [-0.4, -0.2) is 5.11 Å². The van der Waals surface area contributed by atoms with Crippen LogP contribution in [0.5, 0.6) is 0 Å². The molecule has 0 aliphatic carbocycles. The fourth-order valence-corrected chi connectivity index (χ4v) is 1.81. The Balaban J connectivity index is 2.30. The summed E-state index contributed by atoms with van der Waals surface area (Å²) in [6, 6.07) is 16.0. The summed E-state index contributed by atoms with van der Waals surface area (Å²) in [7, 11) is 0. The molecule has 0 amide bonds. The molecule has 0 radical (unpaired) electrons. The summed E-state index contributed by atoms with van der Waals surface area (Å²) >= 11 is 5.87. The fraction of sp³-hybridized carbons (Fsp3) is 0.0714. The number of hydrogen-bond donors (Lipinski definition) is 1. The van der Waals surface area contributed by atoms with Crippen molar-refractivity contribution in [3.8, 4) is 6.07 Å². The van der Waals surface area contributed by atoms with Gasteiger partial charge < -0.3 is 5.11 Å². The molecule has 0 unspecified atom stereocenters. The van der Waals surface area contributed by atoms with Gasteiger partial charge in [-0.15, -0.1) is 0 Å². The van der Waals surface area contributed by atoms with E-state index >= 15 is 0 Å². The minimum absolute atomic E-state index is 0.576. The van der Waals surface area contributed by atoms with Gasteiger partial charge in [0.1, 0.15) is 6.10 Å². The molecule has 0 spiro atoms. The summed E-state index contributed by atoms with van der Waals surface area (Å²) in [5, 5.41) is 19.4. The first-order chi connectivity index (χ1) is 8.20. The Bertz CT molecular complexity index is 557. The van der Waals surface area contributed by atoms with Crippen LogP contribution < -0.4 is 0 Å². The van der Waals surface area contributed by atoms with E-state index in [1.165, 1.54) is 0 Å². The molecule has 0 aromatic heterocycles. The van der Waals surface area contributed by atoms with Gasteiger partial charge in [0.2, 0.25) is 0 Å². The molecule has 2 nitrogen and oxygen atoms in total. The van der Waals surface area contributed by atoms with Gasteiger partial charge in [0.15, 0.2) is 0 Å². The van der Waals surface area contributed by atoms with Crippen LogP contribution in [-0.2, 0) is 0 Å². The third-order valence-corrected chi connectivity index (χ3v) is 2.76. The average Bonchev–Trinajstić information content (AvgIpc) is 2.38. The van der Waals surface area contributed by atoms with E-state index in [9.17, 15) is 5.11 Å². The number of aliphatic hydroxyl groups excluding tert-OH is 1. The van der Waals surface area contributed by atoms with Crippen LogP contribution in [0.25, 0.3) is 0 Å². The molecule has 0 fully saturated rings. The highest BCUT2D eigenvalue weighted by Crippen LogP contribution is 2.24. The molecular weight excluding hydrogens is 234 g/mol. The largest absolute Gasteiger partial charge is 0.384 e. The molecule has 2 aromatic carbocycles. The zero-order chi connectivity index (χ0) is 12.3. The zero-order valence-electron chi connectivity index (χ0n) is 8.97. The maximum atomic E-state index is 10.1. The topological polar surface area (TPSA) is 44.0 Å². The summed E-state index contributed by atoms with van der Waals surface area (Å²) in [5.41, 5.74) is 2.06. The van der Waals surface area contributed by atoms with Gasteiger partial charge in [-0.3, -0.25) is 0 Å². The Labute approximate surface area is 105 Å². The smallest absolute Gasteiger partial charge is 0.104 e. The second kappa shape index (κ2) is 5.01. The summed E-state index contributed by atoms with van der Waals surface area (Å²) in [5.74, 6) is 0. The third kappa shape index (κ3) is 2.65. The van der Waals surface area contributed by atoms with Crippen molar-refractivity contribution in [2.75, 3.05) is 0 Å². The van der Waals surface area contributed by atoms with E-state index in [0.717, 1.165) is 11.1 Å². The maximum Gasteiger partial charge on any atom is 0.104 e. The molecule has 2 rings (SSSR count). The monoisotopic (exact) mass is 243 g/mol. The van der Waals surface area contributed by atoms with Crippen molar-refractivity contribution in [2.45, 2.75) is 6.10 Å². The van der Waals surface area contributed by atoms with Crippen molar-refractivity contribution in [1.29, 1.82) is 5.26 Å². The van der Waals surface area contributed by atoms with Gasteiger partial charge in [0.05, 0.1) is 11.6 Å². The number of benzene rings is 2. The van der Waals surface area contributed by atoms with Gasteiger partial charge in [-0.05, 0) is 35.4 Å². The zero-order valence-corrected chi connectivity index (χ0v) is 9.72. The van der Waals surface area contributed by atoms with E-state index in [2.05, 4.69) is 0 Å². The first-order valence-corrected chi connectivity index (χ1v) is 5.52. The van der Waals surface area contributed by atoms with Gasteiger partial charge in [-0.1, -0.05) is 35.9 Å². The number of nitrogens with zero attached hydrogens (tertiary/aromatic N) is 1. The minimum Gasteiger partial charge on any atom is -0.384 e. The van der Waals surface area contributed by atoms with Crippen molar-refractivity contribution >= 4 is 11.6 Å². The molecule has 0 heterocycles. The van der Waals surface area contributed by atoms with Crippen LogP contribution in [0.4, 0.5) is 0 Å². The highest BCUT2D eigenvalue weighted by Gasteiger charge is 2.10. The van der Waals surface area contributed by atoms with Gasteiger partial charge in [0, 0.05) is 5.02 Å². The Hall–Kier alpha value is -1.82. The van der Waals surface area contributed by atoms with Gasteiger partial charge in [0.25, 0.3) is 0 Å².